The first-order chi connectivity index (χ1) is 10.4. The van der Waals surface area contributed by atoms with Crippen molar-refractivity contribution in [2.75, 3.05) is 6.54 Å². The number of nitrogens with zero attached hydrogens (tertiary/aromatic N) is 2. The Morgan fingerprint density at radius 1 is 1.45 bits per heavy atom. The zero-order valence-electron chi connectivity index (χ0n) is 14.4. The van der Waals surface area contributed by atoms with Crippen LogP contribution in [0.2, 0.25) is 0 Å². The topological polar surface area (TPSA) is 57.8 Å². The summed E-state index contributed by atoms with van der Waals surface area (Å²) in [5.41, 5.74) is 3.37. The molecule has 1 N–H and O–H groups in total. The predicted octanol–water partition coefficient (Wildman–Crippen LogP) is 3.58. The van der Waals surface area contributed by atoms with Crippen molar-refractivity contribution in [3.63, 3.8) is 0 Å². The Morgan fingerprint density at radius 2 is 2.14 bits per heavy atom. The second kappa shape index (κ2) is 8.43. The van der Waals surface area contributed by atoms with Crippen LogP contribution in [0.4, 0.5) is 0 Å². The van der Waals surface area contributed by atoms with E-state index in [9.17, 15) is 10.1 Å². The van der Waals surface area contributed by atoms with E-state index in [0.717, 1.165) is 36.3 Å². The standard InChI is InChI=1S/C18H27N3O/c1-6-9-21-14(4)10-16(15(21)5)11-17(12-19)18(22)20-8-7-13(2)3/h10-11,13H,6-9H2,1-5H3,(H,20,22)/b17-11+. The fourth-order valence-electron chi connectivity index (χ4n) is 2.42. The summed E-state index contributed by atoms with van der Waals surface area (Å²) in [4.78, 5) is 12.1. The largest absolute Gasteiger partial charge is 0.351 e. The molecule has 0 aliphatic rings. The molecule has 0 bridgehead atoms. The number of carbonyl (C=O) groups is 1. The quantitative estimate of drug-likeness (QED) is 0.618. The molecule has 0 spiro atoms. The molecule has 0 unspecified atom stereocenters. The summed E-state index contributed by atoms with van der Waals surface area (Å²) in [5, 5.41) is 12.1. The molecule has 4 nitrogen and oxygen atoms in total. The molecular weight excluding hydrogens is 274 g/mol. The number of hydrogen-bond acceptors (Lipinski definition) is 2. The molecule has 0 fully saturated rings. The lowest BCUT2D eigenvalue weighted by Gasteiger charge is -2.07. The molecule has 1 aromatic rings. The Morgan fingerprint density at radius 3 is 2.68 bits per heavy atom. The third-order valence-corrected chi connectivity index (χ3v) is 3.73. The molecule has 0 aliphatic carbocycles. The van der Waals surface area contributed by atoms with Crippen molar-refractivity contribution in [1.82, 2.24) is 9.88 Å². The molecule has 0 saturated heterocycles. The molecule has 0 atom stereocenters. The highest BCUT2D eigenvalue weighted by molar-refractivity contribution is 6.01. The lowest BCUT2D eigenvalue weighted by atomic mass is 10.1. The molecule has 1 aromatic heterocycles. The van der Waals surface area contributed by atoms with Crippen LogP contribution in [0, 0.1) is 31.1 Å². The average Bonchev–Trinajstić information content (AvgIpc) is 2.72. The van der Waals surface area contributed by atoms with Gasteiger partial charge in [0.2, 0.25) is 0 Å². The molecule has 4 heteroatoms. The summed E-state index contributed by atoms with van der Waals surface area (Å²) in [6.07, 6.45) is 3.66. The van der Waals surface area contributed by atoms with E-state index in [1.54, 1.807) is 6.08 Å². The minimum atomic E-state index is -0.288. The predicted molar refractivity (Wildman–Crippen MR) is 90.3 cm³/mol. The minimum absolute atomic E-state index is 0.167. The van der Waals surface area contributed by atoms with Crippen LogP contribution in [-0.4, -0.2) is 17.0 Å². The molecule has 120 valence electrons. The molecule has 0 aromatic carbocycles. The van der Waals surface area contributed by atoms with E-state index in [4.69, 9.17) is 0 Å². The summed E-state index contributed by atoms with van der Waals surface area (Å²) in [6, 6.07) is 4.05. The number of aryl methyl sites for hydroxylation is 1. The number of aromatic nitrogens is 1. The molecule has 0 aliphatic heterocycles. The van der Waals surface area contributed by atoms with Crippen LogP contribution < -0.4 is 5.32 Å². The minimum Gasteiger partial charge on any atom is -0.351 e. The number of nitrogens with one attached hydrogen (secondary N) is 1. The summed E-state index contributed by atoms with van der Waals surface area (Å²) in [5.74, 6) is 0.242. The Balaban J connectivity index is 2.91. The van der Waals surface area contributed by atoms with Gasteiger partial charge in [-0.25, -0.2) is 0 Å². The Bertz CT molecular complexity index is 588. The van der Waals surface area contributed by atoms with Gasteiger partial charge in [-0.15, -0.1) is 0 Å². The summed E-state index contributed by atoms with van der Waals surface area (Å²) in [6.45, 7) is 12.0. The maximum atomic E-state index is 12.1. The number of rotatable bonds is 7. The van der Waals surface area contributed by atoms with Gasteiger partial charge < -0.3 is 9.88 Å². The monoisotopic (exact) mass is 301 g/mol. The third-order valence-electron chi connectivity index (χ3n) is 3.73. The van der Waals surface area contributed by atoms with Gasteiger partial charge in [-0.3, -0.25) is 4.79 Å². The van der Waals surface area contributed by atoms with Gasteiger partial charge >= 0.3 is 0 Å². The van der Waals surface area contributed by atoms with Gasteiger partial charge in [-0.2, -0.15) is 5.26 Å². The van der Waals surface area contributed by atoms with Crippen LogP contribution in [0.15, 0.2) is 11.6 Å². The SMILES string of the molecule is CCCn1c(C)cc(/C=C(\C#N)C(=O)NCCC(C)C)c1C. The number of nitriles is 1. The van der Waals surface area contributed by atoms with Crippen LogP contribution in [0.3, 0.4) is 0 Å². The van der Waals surface area contributed by atoms with E-state index >= 15 is 0 Å². The van der Waals surface area contributed by atoms with E-state index < -0.39 is 0 Å². The van der Waals surface area contributed by atoms with Gasteiger partial charge in [-0.1, -0.05) is 20.8 Å². The molecular formula is C18H27N3O. The van der Waals surface area contributed by atoms with Gasteiger partial charge in [0, 0.05) is 24.5 Å². The molecule has 1 amide bonds. The van der Waals surface area contributed by atoms with Crippen LogP contribution in [0.1, 0.15) is 50.6 Å². The fourth-order valence-corrected chi connectivity index (χ4v) is 2.42. The normalized spacial score (nSPS) is 11.6. The summed E-state index contributed by atoms with van der Waals surface area (Å²) < 4.78 is 2.22. The van der Waals surface area contributed by atoms with Crippen LogP contribution in [0.25, 0.3) is 6.08 Å². The van der Waals surface area contributed by atoms with Gasteiger partial charge in [-0.05, 0) is 50.3 Å². The lowest BCUT2D eigenvalue weighted by Crippen LogP contribution is -2.26. The Labute approximate surface area is 133 Å². The maximum absolute atomic E-state index is 12.1. The fraction of sp³-hybridized carbons (Fsp3) is 0.556. The summed E-state index contributed by atoms with van der Waals surface area (Å²) >= 11 is 0. The Hall–Kier alpha value is -2.02. The van der Waals surface area contributed by atoms with Crippen molar-refractivity contribution >= 4 is 12.0 Å². The van der Waals surface area contributed by atoms with Crippen LogP contribution in [0.5, 0.6) is 0 Å². The Kier molecular flexibility index (Phi) is 6.91. The number of amides is 1. The van der Waals surface area contributed by atoms with Crippen LogP contribution in [-0.2, 0) is 11.3 Å². The van der Waals surface area contributed by atoms with Crippen molar-refractivity contribution in [2.24, 2.45) is 5.92 Å². The van der Waals surface area contributed by atoms with Gasteiger partial charge in [0.1, 0.15) is 11.6 Å². The maximum Gasteiger partial charge on any atom is 0.261 e. The van der Waals surface area contributed by atoms with Gasteiger partial charge in [0.05, 0.1) is 0 Å². The summed E-state index contributed by atoms with van der Waals surface area (Å²) in [7, 11) is 0. The van der Waals surface area contributed by atoms with E-state index in [-0.39, 0.29) is 11.5 Å². The number of hydrogen-bond donors (Lipinski definition) is 1. The highest BCUT2D eigenvalue weighted by atomic mass is 16.1. The zero-order valence-corrected chi connectivity index (χ0v) is 14.4. The second-order valence-corrected chi connectivity index (χ2v) is 6.09. The number of carbonyl (C=O) groups excluding carboxylic acids is 1. The van der Waals surface area contributed by atoms with Gasteiger partial charge in [0.25, 0.3) is 5.91 Å². The van der Waals surface area contributed by atoms with Crippen molar-refractivity contribution in [1.29, 1.82) is 5.26 Å². The van der Waals surface area contributed by atoms with Crippen molar-refractivity contribution in [3.8, 4) is 6.07 Å². The van der Waals surface area contributed by atoms with Crippen molar-refractivity contribution in [2.45, 2.75) is 54.0 Å². The highest BCUT2D eigenvalue weighted by Crippen LogP contribution is 2.18. The van der Waals surface area contributed by atoms with Crippen LogP contribution >= 0.6 is 0 Å². The second-order valence-electron chi connectivity index (χ2n) is 6.09. The lowest BCUT2D eigenvalue weighted by molar-refractivity contribution is -0.117. The van der Waals surface area contributed by atoms with Crippen molar-refractivity contribution in [3.05, 3.63) is 28.6 Å². The molecule has 1 rings (SSSR count). The van der Waals surface area contributed by atoms with E-state index in [1.165, 1.54) is 0 Å². The van der Waals surface area contributed by atoms with E-state index in [0.29, 0.717) is 12.5 Å². The first kappa shape index (κ1) is 18.0. The zero-order chi connectivity index (χ0) is 16.7. The first-order valence-corrected chi connectivity index (χ1v) is 7.97. The smallest absolute Gasteiger partial charge is 0.261 e. The van der Waals surface area contributed by atoms with E-state index in [1.807, 2.05) is 19.1 Å². The van der Waals surface area contributed by atoms with Crippen molar-refractivity contribution < 1.29 is 4.79 Å². The first-order valence-electron chi connectivity index (χ1n) is 7.97. The molecule has 1 heterocycles. The molecule has 22 heavy (non-hydrogen) atoms. The molecule has 0 radical (unpaired) electrons. The highest BCUT2D eigenvalue weighted by Gasteiger charge is 2.12. The van der Waals surface area contributed by atoms with E-state index in [2.05, 4.69) is 37.6 Å². The third kappa shape index (κ3) is 4.77. The average molecular weight is 301 g/mol. The van der Waals surface area contributed by atoms with Gasteiger partial charge in [0.15, 0.2) is 0 Å². The molecule has 0 saturated carbocycles.